The molecular weight excluding hydrogens is 466 g/mol. The molecule has 0 aliphatic carbocycles. The lowest BCUT2D eigenvalue weighted by Crippen LogP contribution is -2.58. The lowest BCUT2D eigenvalue weighted by atomic mass is 10.0. The molecule has 0 aliphatic heterocycles. The summed E-state index contributed by atoms with van der Waals surface area (Å²) in [7, 11) is 0. The smallest absolute Gasteiger partial charge is 0.326 e. The van der Waals surface area contributed by atoms with Gasteiger partial charge in [0.05, 0.1) is 18.8 Å². The molecule has 0 aliphatic rings. The van der Waals surface area contributed by atoms with Crippen molar-refractivity contribution in [2.24, 2.45) is 17.4 Å². The number of carbonyl (C=O) groups is 6. The summed E-state index contributed by atoms with van der Waals surface area (Å²) in [5, 5.41) is 25.0. The maximum Gasteiger partial charge on any atom is 0.326 e. The van der Waals surface area contributed by atoms with Gasteiger partial charge in [0.2, 0.25) is 23.6 Å². The Bertz CT molecular complexity index is 919. The fourth-order valence-corrected chi connectivity index (χ4v) is 2.87. The van der Waals surface area contributed by atoms with Gasteiger partial charge in [-0.1, -0.05) is 13.8 Å². The Hall–Kier alpha value is -4.01. The maximum atomic E-state index is 13.0. The number of primary amides is 1. The SMILES string of the molecule is CC(C)C(N)C(=O)NC(CCC(N)=O)C(=O)NC(Cc1cnc[nH]1)C(=O)NC(CC(=O)O)C(=O)O. The minimum Gasteiger partial charge on any atom is -0.481 e. The van der Waals surface area contributed by atoms with E-state index in [9.17, 15) is 33.9 Å². The number of nitrogens with one attached hydrogen (secondary N) is 4. The zero-order valence-electron chi connectivity index (χ0n) is 19.3. The Kier molecular flexibility index (Phi) is 11.3. The number of aromatic amines is 1. The molecule has 4 atom stereocenters. The van der Waals surface area contributed by atoms with Gasteiger partial charge in [0.25, 0.3) is 0 Å². The van der Waals surface area contributed by atoms with Gasteiger partial charge in [-0.15, -0.1) is 0 Å². The third-order valence-corrected chi connectivity index (χ3v) is 4.94. The lowest BCUT2D eigenvalue weighted by molar-refractivity contribution is -0.147. The highest BCUT2D eigenvalue weighted by Gasteiger charge is 2.32. The molecule has 0 spiro atoms. The van der Waals surface area contributed by atoms with Crippen LogP contribution in [0.25, 0.3) is 0 Å². The molecule has 15 nitrogen and oxygen atoms in total. The van der Waals surface area contributed by atoms with Crippen molar-refractivity contribution in [2.45, 2.75) is 63.7 Å². The maximum absolute atomic E-state index is 13.0. The fourth-order valence-electron chi connectivity index (χ4n) is 2.87. The fraction of sp³-hybridized carbons (Fsp3) is 0.550. The minimum atomic E-state index is -1.75. The second kappa shape index (κ2) is 13.6. The van der Waals surface area contributed by atoms with E-state index in [0.29, 0.717) is 5.69 Å². The van der Waals surface area contributed by atoms with E-state index in [1.54, 1.807) is 13.8 Å². The molecule has 0 fully saturated rings. The zero-order chi connectivity index (χ0) is 26.7. The van der Waals surface area contributed by atoms with Gasteiger partial charge < -0.3 is 42.6 Å². The van der Waals surface area contributed by atoms with Gasteiger partial charge in [-0.3, -0.25) is 24.0 Å². The predicted molar refractivity (Wildman–Crippen MR) is 119 cm³/mol. The van der Waals surface area contributed by atoms with Crippen LogP contribution in [0.15, 0.2) is 12.5 Å². The number of carboxylic acid groups (broad SMARTS) is 2. The van der Waals surface area contributed by atoms with Crippen molar-refractivity contribution in [3.63, 3.8) is 0 Å². The number of H-pyrrole nitrogens is 1. The summed E-state index contributed by atoms with van der Waals surface area (Å²) < 4.78 is 0. The number of aromatic nitrogens is 2. The molecule has 35 heavy (non-hydrogen) atoms. The lowest BCUT2D eigenvalue weighted by Gasteiger charge is -2.25. The molecular formula is C20H31N7O8. The Morgan fingerprint density at radius 1 is 0.971 bits per heavy atom. The minimum absolute atomic E-state index is 0.168. The first kappa shape index (κ1) is 29.0. The highest BCUT2D eigenvalue weighted by molar-refractivity contribution is 5.95. The summed E-state index contributed by atoms with van der Waals surface area (Å²) in [6.07, 6.45) is 1.18. The number of rotatable bonds is 15. The van der Waals surface area contributed by atoms with Crippen LogP contribution < -0.4 is 27.4 Å². The molecule has 10 N–H and O–H groups in total. The predicted octanol–water partition coefficient (Wildman–Crippen LogP) is -2.79. The number of amides is 4. The van der Waals surface area contributed by atoms with Gasteiger partial charge in [0, 0.05) is 24.7 Å². The van der Waals surface area contributed by atoms with Crippen molar-refractivity contribution in [3.05, 3.63) is 18.2 Å². The second-order valence-corrected chi connectivity index (χ2v) is 8.18. The monoisotopic (exact) mass is 497 g/mol. The van der Waals surface area contributed by atoms with E-state index in [4.69, 9.17) is 16.6 Å². The van der Waals surface area contributed by atoms with Gasteiger partial charge in [-0.05, 0) is 12.3 Å². The molecule has 1 rings (SSSR count). The van der Waals surface area contributed by atoms with Crippen LogP contribution in [-0.2, 0) is 35.2 Å². The number of hydrogen-bond donors (Lipinski definition) is 8. The largest absolute Gasteiger partial charge is 0.481 e. The number of hydrogen-bond acceptors (Lipinski definition) is 8. The average molecular weight is 498 g/mol. The number of nitrogens with zero attached hydrogens (tertiary/aromatic N) is 1. The topological polar surface area (TPSA) is 260 Å². The van der Waals surface area contributed by atoms with Crippen LogP contribution in [0, 0.1) is 5.92 Å². The molecule has 194 valence electrons. The summed E-state index contributed by atoms with van der Waals surface area (Å²) in [4.78, 5) is 78.3. The summed E-state index contributed by atoms with van der Waals surface area (Å²) in [5.74, 6) is -6.53. The van der Waals surface area contributed by atoms with Crippen molar-refractivity contribution < 1.29 is 39.0 Å². The number of imidazole rings is 1. The molecule has 4 unspecified atom stereocenters. The molecule has 15 heteroatoms. The molecule has 0 bridgehead atoms. The first-order chi connectivity index (χ1) is 16.3. The third-order valence-electron chi connectivity index (χ3n) is 4.94. The second-order valence-electron chi connectivity index (χ2n) is 8.18. The highest BCUT2D eigenvalue weighted by Crippen LogP contribution is 2.06. The molecule has 1 aromatic heterocycles. The van der Waals surface area contributed by atoms with E-state index < -0.39 is 66.2 Å². The normalized spacial score (nSPS) is 14.3. The van der Waals surface area contributed by atoms with Crippen molar-refractivity contribution in [1.29, 1.82) is 0 Å². The summed E-state index contributed by atoms with van der Waals surface area (Å²) in [6, 6.07) is -5.37. The third kappa shape index (κ3) is 10.2. The van der Waals surface area contributed by atoms with E-state index in [2.05, 4.69) is 25.9 Å². The number of carboxylic acids is 2. The van der Waals surface area contributed by atoms with E-state index in [1.165, 1.54) is 12.5 Å². The van der Waals surface area contributed by atoms with Crippen LogP contribution in [0.1, 0.15) is 38.8 Å². The molecule has 0 saturated carbocycles. The van der Waals surface area contributed by atoms with Crippen molar-refractivity contribution >= 4 is 35.6 Å². The quantitative estimate of drug-likeness (QED) is 0.123. The summed E-state index contributed by atoms with van der Waals surface area (Å²) >= 11 is 0. The van der Waals surface area contributed by atoms with Crippen LogP contribution >= 0.6 is 0 Å². The first-order valence-corrected chi connectivity index (χ1v) is 10.7. The van der Waals surface area contributed by atoms with E-state index in [1.807, 2.05) is 0 Å². The van der Waals surface area contributed by atoms with Gasteiger partial charge in [0.15, 0.2) is 0 Å². The van der Waals surface area contributed by atoms with Crippen LogP contribution in [0.3, 0.4) is 0 Å². The summed E-state index contributed by atoms with van der Waals surface area (Å²) in [5.41, 5.74) is 11.4. The number of aliphatic carboxylic acids is 2. The summed E-state index contributed by atoms with van der Waals surface area (Å²) in [6.45, 7) is 3.40. The molecule has 0 saturated heterocycles. The molecule has 0 aromatic carbocycles. The number of carbonyl (C=O) groups excluding carboxylic acids is 4. The Morgan fingerprint density at radius 2 is 1.54 bits per heavy atom. The van der Waals surface area contributed by atoms with Crippen LogP contribution in [0.5, 0.6) is 0 Å². The van der Waals surface area contributed by atoms with Gasteiger partial charge in [0.1, 0.15) is 18.1 Å². The molecule has 4 amide bonds. The zero-order valence-corrected chi connectivity index (χ0v) is 19.3. The van der Waals surface area contributed by atoms with Crippen LogP contribution in [0.2, 0.25) is 0 Å². The Morgan fingerprint density at radius 3 is 2.03 bits per heavy atom. The highest BCUT2D eigenvalue weighted by atomic mass is 16.4. The van der Waals surface area contributed by atoms with Gasteiger partial charge in [-0.25, -0.2) is 9.78 Å². The Balaban J connectivity index is 3.11. The van der Waals surface area contributed by atoms with Crippen LogP contribution in [-0.4, -0.2) is 79.9 Å². The van der Waals surface area contributed by atoms with Crippen LogP contribution in [0.4, 0.5) is 0 Å². The number of nitrogens with two attached hydrogens (primary N) is 2. The van der Waals surface area contributed by atoms with Crippen molar-refractivity contribution in [3.8, 4) is 0 Å². The first-order valence-electron chi connectivity index (χ1n) is 10.7. The van der Waals surface area contributed by atoms with E-state index in [0.717, 1.165) is 0 Å². The molecule has 1 heterocycles. The van der Waals surface area contributed by atoms with E-state index >= 15 is 0 Å². The van der Waals surface area contributed by atoms with Crippen molar-refractivity contribution in [2.75, 3.05) is 0 Å². The van der Waals surface area contributed by atoms with Crippen molar-refractivity contribution in [1.82, 2.24) is 25.9 Å². The van der Waals surface area contributed by atoms with Gasteiger partial charge >= 0.3 is 11.9 Å². The molecule has 0 radical (unpaired) electrons. The average Bonchev–Trinajstić information content (AvgIpc) is 3.27. The van der Waals surface area contributed by atoms with E-state index in [-0.39, 0.29) is 25.2 Å². The molecule has 1 aromatic rings. The Labute approximate surface area is 200 Å². The standard InChI is InChI=1S/C20H31N7O8/c1-9(2)16(22)19(33)25-11(3-4-14(21)28)17(31)26-12(5-10-7-23-8-24-10)18(32)27-13(20(34)35)6-15(29)30/h7-9,11-13,16H,3-6,22H2,1-2H3,(H2,21,28)(H,23,24)(H,25,33)(H,26,31)(H,27,32)(H,29,30)(H,34,35). The van der Waals surface area contributed by atoms with Gasteiger partial charge in [-0.2, -0.15) is 0 Å².